The minimum absolute atomic E-state index is 0.0873. The lowest BCUT2D eigenvalue weighted by molar-refractivity contribution is 0.0526. The molecule has 2 aromatic carbocycles. The Bertz CT molecular complexity index is 817. The molecule has 0 saturated carbocycles. The Morgan fingerprint density at radius 2 is 2.00 bits per heavy atom. The summed E-state index contributed by atoms with van der Waals surface area (Å²) in [6, 6.07) is 11.1. The fourth-order valence-corrected chi connectivity index (χ4v) is 2.62. The highest BCUT2D eigenvalue weighted by atomic mass is 16.5. The fourth-order valence-electron chi connectivity index (χ4n) is 2.62. The number of aryl methyl sites for hydroxylation is 1. The van der Waals surface area contributed by atoms with Crippen LogP contribution < -0.4 is 0 Å². The summed E-state index contributed by atoms with van der Waals surface area (Å²) in [6.07, 6.45) is 0. The van der Waals surface area contributed by atoms with Gasteiger partial charge in [-0.2, -0.15) is 0 Å². The monoisotopic (exact) mass is 269 g/mol. The summed E-state index contributed by atoms with van der Waals surface area (Å²) in [6.45, 7) is 2.07. The van der Waals surface area contributed by atoms with Crippen LogP contribution in [0.4, 0.5) is 0 Å². The summed E-state index contributed by atoms with van der Waals surface area (Å²) in [7, 11) is 1.90. The zero-order chi connectivity index (χ0) is 14.3. The molecule has 0 aliphatic carbocycles. The summed E-state index contributed by atoms with van der Waals surface area (Å²) in [5, 5.41) is 12.1. The molecule has 0 aliphatic heterocycles. The molecular formula is C16H15NO3. The van der Waals surface area contributed by atoms with E-state index in [0.717, 1.165) is 21.8 Å². The van der Waals surface area contributed by atoms with Crippen LogP contribution >= 0.6 is 0 Å². The predicted octanol–water partition coefficient (Wildman–Crippen LogP) is 3.21. The fraction of sp³-hybridized carbons (Fsp3) is 0.188. The zero-order valence-electron chi connectivity index (χ0n) is 11.4. The van der Waals surface area contributed by atoms with E-state index in [1.165, 1.54) is 6.07 Å². The maximum absolute atomic E-state index is 11.8. The number of ether oxygens (including phenoxy) is 1. The van der Waals surface area contributed by atoms with Gasteiger partial charge in [0.25, 0.3) is 0 Å². The van der Waals surface area contributed by atoms with Crippen molar-refractivity contribution in [3.63, 3.8) is 0 Å². The van der Waals surface area contributed by atoms with Crippen LogP contribution in [0, 0.1) is 0 Å². The predicted molar refractivity (Wildman–Crippen MR) is 78.0 cm³/mol. The van der Waals surface area contributed by atoms with E-state index < -0.39 is 5.97 Å². The maximum Gasteiger partial charge on any atom is 0.338 e. The lowest BCUT2D eigenvalue weighted by Crippen LogP contribution is -2.04. The van der Waals surface area contributed by atoms with Crippen molar-refractivity contribution in [1.29, 1.82) is 0 Å². The highest BCUT2D eigenvalue weighted by Crippen LogP contribution is 2.34. The summed E-state index contributed by atoms with van der Waals surface area (Å²) in [5.74, 6) is -0.332. The third kappa shape index (κ3) is 1.72. The van der Waals surface area contributed by atoms with Crippen molar-refractivity contribution in [2.24, 2.45) is 7.05 Å². The Morgan fingerprint density at radius 1 is 1.25 bits per heavy atom. The average Bonchev–Trinajstić information content (AvgIpc) is 2.74. The Hall–Kier alpha value is -2.49. The van der Waals surface area contributed by atoms with E-state index in [2.05, 4.69) is 0 Å². The molecule has 0 atom stereocenters. The van der Waals surface area contributed by atoms with E-state index in [9.17, 15) is 9.90 Å². The molecule has 0 amide bonds. The SMILES string of the molecule is CCOC(=O)c1cc(O)c2c(c1)c1ccccc1n2C. The van der Waals surface area contributed by atoms with E-state index in [4.69, 9.17) is 4.74 Å². The van der Waals surface area contributed by atoms with Gasteiger partial charge in [0.05, 0.1) is 17.7 Å². The van der Waals surface area contributed by atoms with Gasteiger partial charge >= 0.3 is 5.97 Å². The molecule has 20 heavy (non-hydrogen) atoms. The number of aromatic nitrogens is 1. The first-order chi connectivity index (χ1) is 9.63. The van der Waals surface area contributed by atoms with E-state index >= 15 is 0 Å². The number of rotatable bonds is 2. The number of carbonyl (C=O) groups excluding carboxylic acids is 1. The van der Waals surface area contributed by atoms with Gasteiger partial charge in [-0.05, 0) is 25.1 Å². The van der Waals surface area contributed by atoms with Crippen LogP contribution in [0.2, 0.25) is 0 Å². The van der Waals surface area contributed by atoms with Crippen LogP contribution in [0.3, 0.4) is 0 Å². The van der Waals surface area contributed by atoms with Gasteiger partial charge < -0.3 is 14.4 Å². The van der Waals surface area contributed by atoms with E-state index in [1.54, 1.807) is 13.0 Å². The van der Waals surface area contributed by atoms with Gasteiger partial charge in [0, 0.05) is 23.3 Å². The van der Waals surface area contributed by atoms with Gasteiger partial charge in [-0.1, -0.05) is 18.2 Å². The molecule has 4 heteroatoms. The molecule has 3 rings (SSSR count). The van der Waals surface area contributed by atoms with Crippen LogP contribution in [0.25, 0.3) is 21.8 Å². The number of phenolic OH excluding ortho intramolecular Hbond substituents is 1. The number of para-hydroxylation sites is 1. The first-order valence-corrected chi connectivity index (χ1v) is 6.50. The summed E-state index contributed by atoms with van der Waals surface area (Å²) in [4.78, 5) is 11.8. The molecule has 3 aromatic rings. The molecule has 0 saturated heterocycles. The Balaban J connectivity index is 2.35. The first kappa shape index (κ1) is 12.5. The number of carbonyl (C=O) groups is 1. The van der Waals surface area contributed by atoms with E-state index in [1.807, 2.05) is 35.9 Å². The number of phenols is 1. The molecule has 0 bridgehead atoms. The number of hydrogen-bond donors (Lipinski definition) is 1. The zero-order valence-corrected chi connectivity index (χ0v) is 11.4. The Labute approximate surface area is 116 Å². The largest absolute Gasteiger partial charge is 0.506 e. The molecule has 4 nitrogen and oxygen atoms in total. The van der Waals surface area contributed by atoms with Crippen LogP contribution in [-0.2, 0) is 11.8 Å². The Kier molecular flexibility index (Phi) is 2.86. The van der Waals surface area contributed by atoms with Crippen molar-refractivity contribution in [1.82, 2.24) is 4.57 Å². The van der Waals surface area contributed by atoms with Crippen molar-refractivity contribution in [2.45, 2.75) is 6.92 Å². The molecule has 0 spiro atoms. The smallest absolute Gasteiger partial charge is 0.338 e. The van der Waals surface area contributed by atoms with Crippen molar-refractivity contribution in [3.05, 3.63) is 42.0 Å². The number of hydrogen-bond acceptors (Lipinski definition) is 3. The number of aromatic hydroxyl groups is 1. The average molecular weight is 269 g/mol. The van der Waals surface area contributed by atoms with E-state index in [-0.39, 0.29) is 5.75 Å². The van der Waals surface area contributed by atoms with Crippen molar-refractivity contribution < 1.29 is 14.6 Å². The van der Waals surface area contributed by atoms with Crippen molar-refractivity contribution in [2.75, 3.05) is 6.61 Å². The van der Waals surface area contributed by atoms with Crippen molar-refractivity contribution in [3.8, 4) is 5.75 Å². The molecule has 102 valence electrons. The number of benzene rings is 2. The van der Waals surface area contributed by atoms with Crippen LogP contribution in [-0.4, -0.2) is 22.2 Å². The second-order valence-corrected chi connectivity index (χ2v) is 4.69. The summed E-state index contributed by atoms with van der Waals surface area (Å²) < 4.78 is 6.92. The molecule has 0 aliphatic rings. The number of nitrogens with zero attached hydrogens (tertiary/aromatic N) is 1. The van der Waals surface area contributed by atoms with Gasteiger partial charge in [0.1, 0.15) is 5.75 Å². The van der Waals surface area contributed by atoms with Crippen molar-refractivity contribution >= 4 is 27.8 Å². The first-order valence-electron chi connectivity index (χ1n) is 6.50. The molecule has 0 unspecified atom stereocenters. The molecule has 1 N–H and O–H groups in total. The normalized spacial score (nSPS) is 11.1. The second-order valence-electron chi connectivity index (χ2n) is 4.69. The quantitative estimate of drug-likeness (QED) is 0.727. The van der Waals surface area contributed by atoms with Gasteiger partial charge in [-0.3, -0.25) is 0 Å². The molecule has 0 fully saturated rings. The van der Waals surface area contributed by atoms with Gasteiger partial charge in [-0.25, -0.2) is 4.79 Å². The van der Waals surface area contributed by atoms with Crippen LogP contribution in [0.15, 0.2) is 36.4 Å². The minimum atomic E-state index is -0.419. The lowest BCUT2D eigenvalue weighted by atomic mass is 10.1. The van der Waals surface area contributed by atoms with Gasteiger partial charge in [0.2, 0.25) is 0 Å². The second kappa shape index (κ2) is 4.56. The van der Waals surface area contributed by atoms with Crippen LogP contribution in [0.5, 0.6) is 5.75 Å². The molecular weight excluding hydrogens is 254 g/mol. The third-order valence-electron chi connectivity index (χ3n) is 3.49. The van der Waals surface area contributed by atoms with E-state index in [0.29, 0.717) is 12.2 Å². The topological polar surface area (TPSA) is 51.5 Å². The highest BCUT2D eigenvalue weighted by Gasteiger charge is 2.16. The van der Waals surface area contributed by atoms with Crippen LogP contribution in [0.1, 0.15) is 17.3 Å². The maximum atomic E-state index is 11.8. The van der Waals surface area contributed by atoms with Gasteiger partial charge in [-0.15, -0.1) is 0 Å². The molecule has 0 radical (unpaired) electrons. The molecule has 1 aromatic heterocycles. The summed E-state index contributed by atoms with van der Waals surface area (Å²) >= 11 is 0. The highest BCUT2D eigenvalue weighted by molar-refractivity contribution is 6.12. The number of esters is 1. The molecule has 1 heterocycles. The summed E-state index contributed by atoms with van der Waals surface area (Å²) in [5.41, 5.74) is 2.10. The minimum Gasteiger partial charge on any atom is -0.506 e. The standard InChI is InChI=1S/C16H15NO3/c1-3-20-16(19)10-8-12-11-6-4-5-7-13(11)17(2)15(12)14(18)9-10/h4-9,18H,3H2,1-2H3. The lowest BCUT2D eigenvalue weighted by Gasteiger charge is -2.05. The number of fused-ring (bicyclic) bond motifs is 3. The Morgan fingerprint density at radius 3 is 2.75 bits per heavy atom. The third-order valence-corrected chi connectivity index (χ3v) is 3.49. The van der Waals surface area contributed by atoms with Gasteiger partial charge in [0.15, 0.2) is 0 Å².